The summed E-state index contributed by atoms with van der Waals surface area (Å²) in [7, 11) is 0. The summed E-state index contributed by atoms with van der Waals surface area (Å²) in [6.07, 6.45) is 5.59. The lowest BCUT2D eigenvalue weighted by molar-refractivity contribution is -0.141. The van der Waals surface area contributed by atoms with E-state index < -0.39 is 12.0 Å². The molecule has 4 rings (SSSR count). The van der Waals surface area contributed by atoms with E-state index >= 15 is 0 Å². The van der Waals surface area contributed by atoms with E-state index in [-0.39, 0.29) is 11.9 Å². The molecule has 2 aliphatic heterocycles. The van der Waals surface area contributed by atoms with E-state index in [0.717, 1.165) is 43.4 Å². The van der Waals surface area contributed by atoms with Crippen molar-refractivity contribution in [2.75, 3.05) is 6.61 Å². The molecule has 2 heterocycles. The lowest BCUT2D eigenvalue weighted by atomic mass is 9.84. The SMILES string of the molecule is O=C(O)[C@@H]1C[C@@H]2CCCC[C@H]2N1C(=O)c1ccc2c(c1)CCO2. The third-order valence-corrected chi connectivity index (χ3v) is 5.54. The second-order valence-corrected chi connectivity index (χ2v) is 6.84. The van der Waals surface area contributed by atoms with E-state index in [9.17, 15) is 14.7 Å². The van der Waals surface area contributed by atoms with Crippen molar-refractivity contribution in [3.05, 3.63) is 29.3 Å². The number of carbonyl (C=O) groups excluding carboxylic acids is 1. The molecule has 1 amide bonds. The Balaban J connectivity index is 1.66. The molecule has 1 aliphatic carbocycles. The summed E-state index contributed by atoms with van der Waals surface area (Å²) in [5.74, 6) is 0.165. The second kappa shape index (κ2) is 5.55. The van der Waals surface area contributed by atoms with Crippen molar-refractivity contribution in [3.8, 4) is 5.75 Å². The van der Waals surface area contributed by atoms with Crippen LogP contribution in [0.3, 0.4) is 0 Å². The molecule has 5 nitrogen and oxygen atoms in total. The van der Waals surface area contributed by atoms with Gasteiger partial charge in [-0.3, -0.25) is 4.79 Å². The highest BCUT2D eigenvalue weighted by Gasteiger charge is 2.47. The Hall–Kier alpha value is -2.04. The maximum atomic E-state index is 13.0. The summed E-state index contributed by atoms with van der Waals surface area (Å²) >= 11 is 0. The number of aliphatic carboxylic acids is 1. The highest BCUT2D eigenvalue weighted by Crippen LogP contribution is 2.40. The molecule has 5 heteroatoms. The molecule has 23 heavy (non-hydrogen) atoms. The number of nitrogens with zero attached hydrogens (tertiary/aromatic N) is 1. The maximum Gasteiger partial charge on any atom is 0.326 e. The number of hydrogen-bond donors (Lipinski definition) is 1. The first-order valence-electron chi connectivity index (χ1n) is 8.46. The lowest BCUT2D eigenvalue weighted by Gasteiger charge is -2.33. The van der Waals surface area contributed by atoms with Crippen molar-refractivity contribution < 1.29 is 19.4 Å². The van der Waals surface area contributed by atoms with Crippen molar-refractivity contribution in [1.82, 2.24) is 4.90 Å². The Morgan fingerprint density at radius 2 is 2.04 bits per heavy atom. The Kier molecular flexibility index (Phi) is 3.51. The summed E-state index contributed by atoms with van der Waals surface area (Å²) in [5.41, 5.74) is 1.63. The summed E-state index contributed by atoms with van der Waals surface area (Å²) in [4.78, 5) is 26.4. The predicted molar refractivity (Wildman–Crippen MR) is 83.6 cm³/mol. The molecule has 1 aromatic rings. The average Bonchev–Trinajstić information content (AvgIpc) is 3.17. The van der Waals surface area contributed by atoms with Crippen LogP contribution in [-0.4, -0.2) is 40.6 Å². The molecule has 3 aliphatic rings. The summed E-state index contributed by atoms with van der Waals surface area (Å²) < 4.78 is 5.48. The molecule has 1 aromatic carbocycles. The zero-order chi connectivity index (χ0) is 16.0. The van der Waals surface area contributed by atoms with E-state index in [1.807, 2.05) is 12.1 Å². The topological polar surface area (TPSA) is 66.8 Å². The number of hydrogen-bond acceptors (Lipinski definition) is 3. The predicted octanol–water partition coefficient (Wildman–Crippen LogP) is 2.48. The van der Waals surface area contributed by atoms with Gasteiger partial charge in [-0.1, -0.05) is 12.8 Å². The van der Waals surface area contributed by atoms with E-state index in [0.29, 0.717) is 24.5 Å². The van der Waals surface area contributed by atoms with Gasteiger partial charge in [0, 0.05) is 18.0 Å². The average molecular weight is 315 g/mol. The molecule has 1 saturated carbocycles. The molecule has 0 aromatic heterocycles. The van der Waals surface area contributed by atoms with Gasteiger partial charge in [-0.05, 0) is 48.9 Å². The minimum atomic E-state index is -0.878. The standard InChI is InChI=1S/C18H21NO4/c20-17(13-5-6-16-12(9-13)7-8-23-16)19-14-4-2-1-3-11(14)10-15(19)18(21)22/h5-6,9,11,14-15H,1-4,7-8,10H2,(H,21,22)/t11-,14+,15-/m0/s1. The number of ether oxygens (including phenoxy) is 1. The Bertz CT molecular complexity index is 656. The van der Waals surface area contributed by atoms with Gasteiger partial charge in [0.2, 0.25) is 0 Å². The molecule has 0 unspecified atom stereocenters. The van der Waals surface area contributed by atoms with Crippen LogP contribution in [0.15, 0.2) is 18.2 Å². The van der Waals surface area contributed by atoms with Crippen LogP contribution >= 0.6 is 0 Å². The van der Waals surface area contributed by atoms with Gasteiger partial charge in [-0.15, -0.1) is 0 Å². The van der Waals surface area contributed by atoms with Crippen LogP contribution in [-0.2, 0) is 11.2 Å². The van der Waals surface area contributed by atoms with Gasteiger partial charge in [0.15, 0.2) is 0 Å². The van der Waals surface area contributed by atoms with Crippen LogP contribution in [0.2, 0.25) is 0 Å². The molecular weight excluding hydrogens is 294 g/mol. The minimum Gasteiger partial charge on any atom is -0.493 e. The zero-order valence-corrected chi connectivity index (χ0v) is 13.0. The smallest absolute Gasteiger partial charge is 0.326 e. The van der Waals surface area contributed by atoms with Crippen LogP contribution in [0.5, 0.6) is 5.75 Å². The van der Waals surface area contributed by atoms with Crippen LogP contribution in [0.1, 0.15) is 48.0 Å². The van der Waals surface area contributed by atoms with E-state index in [2.05, 4.69) is 0 Å². The van der Waals surface area contributed by atoms with E-state index in [4.69, 9.17) is 4.74 Å². The number of benzene rings is 1. The fourth-order valence-corrected chi connectivity index (χ4v) is 4.44. The molecule has 0 spiro atoms. The van der Waals surface area contributed by atoms with E-state index in [1.54, 1.807) is 11.0 Å². The van der Waals surface area contributed by atoms with Crippen LogP contribution in [0.25, 0.3) is 0 Å². The van der Waals surface area contributed by atoms with Crippen LogP contribution < -0.4 is 4.74 Å². The summed E-state index contributed by atoms with van der Waals surface area (Å²) in [6, 6.07) is 4.88. The number of carbonyl (C=O) groups is 2. The van der Waals surface area contributed by atoms with Crippen molar-refractivity contribution in [1.29, 1.82) is 0 Å². The Morgan fingerprint density at radius 3 is 2.87 bits per heavy atom. The monoisotopic (exact) mass is 315 g/mol. The molecule has 1 N–H and O–H groups in total. The number of fused-ring (bicyclic) bond motifs is 2. The highest BCUT2D eigenvalue weighted by molar-refractivity contribution is 5.97. The molecule has 122 valence electrons. The summed E-state index contributed by atoms with van der Waals surface area (Å²) in [6.45, 7) is 0.652. The molecule has 0 radical (unpaired) electrons. The zero-order valence-electron chi connectivity index (χ0n) is 13.0. The second-order valence-electron chi connectivity index (χ2n) is 6.84. The minimum absolute atomic E-state index is 0.0851. The third-order valence-electron chi connectivity index (χ3n) is 5.54. The largest absolute Gasteiger partial charge is 0.493 e. The third kappa shape index (κ3) is 2.38. The fourth-order valence-electron chi connectivity index (χ4n) is 4.44. The van der Waals surface area contributed by atoms with Crippen molar-refractivity contribution in [2.45, 2.75) is 50.6 Å². The number of rotatable bonds is 2. The number of carboxylic acids is 1. The highest BCUT2D eigenvalue weighted by atomic mass is 16.5. The summed E-state index contributed by atoms with van der Waals surface area (Å²) in [5, 5.41) is 9.57. The number of likely N-dealkylation sites (tertiary alicyclic amines) is 1. The maximum absolute atomic E-state index is 13.0. The first-order valence-corrected chi connectivity index (χ1v) is 8.46. The van der Waals surface area contributed by atoms with E-state index in [1.165, 1.54) is 0 Å². The van der Waals surface area contributed by atoms with Crippen LogP contribution in [0, 0.1) is 5.92 Å². The van der Waals surface area contributed by atoms with Crippen molar-refractivity contribution in [3.63, 3.8) is 0 Å². The molecule has 2 fully saturated rings. The number of amides is 1. The Labute approximate surface area is 135 Å². The van der Waals surface area contributed by atoms with Crippen molar-refractivity contribution in [2.24, 2.45) is 5.92 Å². The van der Waals surface area contributed by atoms with Gasteiger partial charge in [0.1, 0.15) is 11.8 Å². The van der Waals surface area contributed by atoms with Gasteiger partial charge >= 0.3 is 5.97 Å². The number of carboxylic acid groups (broad SMARTS) is 1. The lowest BCUT2D eigenvalue weighted by Crippen LogP contribution is -2.46. The Morgan fingerprint density at radius 1 is 1.22 bits per heavy atom. The quantitative estimate of drug-likeness (QED) is 0.910. The van der Waals surface area contributed by atoms with Gasteiger partial charge in [0.05, 0.1) is 6.61 Å². The normalized spacial score (nSPS) is 28.9. The van der Waals surface area contributed by atoms with Gasteiger partial charge in [0.25, 0.3) is 5.91 Å². The van der Waals surface area contributed by atoms with Gasteiger partial charge < -0.3 is 14.7 Å². The molecule has 1 saturated heterocycles. The van der Waals surface area contributed by atoms with Crippen LogP contribution in [0.4, 0.5) is 0 Å². The first-order chi connectivity index (χ1) is 11.1. The molecular formula is C18H21NO4. The first kappa shape index (κ1) is 14.5. The van der Waals surface area contributed by atoms with Gasteiger partial charge in [-0.2, -0.15) is 0 Å². The molecule has 0 bridgehead atoms. The van der Waals surface area contributed by atoms with Crippen molar-refractivity contribution >= 4 is 11.9 Å². The fraction of sp³-hybridized carbons (Fsp3) is 0.556. The molecule has 3 atom stereocenters. The van der Waals surface area contributed by atoms with Gasteiger partial charge in [-0.25, -0.2) is 4.79 Å².